The number of nitrogens with two attached hydrogens (primary N) is 1. The molecule has 0 atom stereocenters. The van der Waals surface area contributed by atoms with E-state index >= 15 is 0 Å². The number of hydrazone groups is 1. The summed E-state index contributed by atoms with van der Waals surface area (Å²) in [6.07, 6.45) is 1.24. The number of carbonyl (C=O) groups is 1. The number of phenolic OH excluding ortho intramolecular Hbond substituents is 1. The fourth-order valence-electron chi connectivity index (χ4n) is 2.76. The van der Waals surface area contributed by atoms with Gasteiger partial charge < -0.3 is 10.8 Å². The first kappa shape index (κ1) is 20.1. The molecule has 0 radical (unpaired) electrons. The number of non-ortho nitro benzene ring substituents is 1. The van der Waals surface area contributed by atoms with Gasteiger partial charge in [-0.2, -0.15) is 9.78 Å². The summed E-state index contributed by atoms with van der Waals surface area (Å²) in [6.45, 7) is 0. The Hall–Kier alpha value is -5.14. The van der Waals surface area contributed by atoms with Gasteiger partial charge in [0, 0.05) is 23.3 Å². The maximum Gasteiger partial charge on any atom is 0.294 e. The van der Waals surface area contributed by atoms with Crippen LogP contribution in [0.5, 0.6) is 5.75 Å². The van der Waals surface area contributed by atoms with Gasteiger partial charge in [-0.05, 0) is 22.4 Å². The lowest BCUT2D eigenvalue weighted by Gasteiger charge is -2.06. The van der Waals surface area contributed by atoms with E-state index in [0.717, 1.165) is 4.68 Å². The van der Waals surface area contributed by atoms with Crippen LogP contribution in [-0.4, -0.2) is 47.5 Å². The number of anilines is 1. The van der Waals surface area contributed by atoms with E-state index in [1.807, 2.05) is 0 Å². The second kappa shape index (κ2) is 8.31. The lowest BCUT2D eigenvalue weighted by atomic mass is 10.1. The zero-order valence-electron chi connectivity index (χ0n) is 16.0. The summed E-state index contributed by atoms with van der Waals surface area (Å²) in [5.74, 6) is -0.996. The molecule has 14 heteroatoms. The van der Waals surface area contributed by atoms with Gasteiger partial charge in [0.05, 0.1) is 11.1 Å². The summed E-state index contributed by atoms with van der Waals surface area (Å²) in [6, 6.07) is 11.9. The van der Waals surface area contributed by atoms with E-state index in [0.29, 0.717) is 5.56 Å². The second-order valence-electron chi connectivity index (χ2n) is 6.24. The zero-order valence-corrected chi connectivity index (χ0v) is 16.0. The van der Waals surface area contributed by atoms with Gasteiger partial charge in [0.1, 0.15) is 11.4 Å². The first-order chi connectivity index (χ1) is 15.5. The van der Waals surface area contributed by atoms with Crippen LogP contribution >= 0.6 is 0 Å². The topological polar surface area (TPSA) is 200 Å². The van der Waals surface area contributed by atoms with Crippen molar-refractivity contribution < 1.29 is 19.5 Å². The molecule has 32 heavy (non-hydrogen) atoms. The molecule has 2 aromatic heterocycles. The van der Waals surface area contributed by atoms with Gasteiger partial charge in [-0.15, -0.1) is 5.10 Å². The van der Waals surface area contributed by atoms with Gasteiger partial charge in [-0.3, -0.25) is 14.9 Å². The molecule has 0 saturated heterocycles. The molecular formula is C18H13N9O5. The van der Waals surface area contributed by atoms with Crippen LogP contribution in [0.25, 0.3) is 17.1 Å². The summed E-state index contributed by atoms with van der Waals surface area (Å²) in [5.41, 5.74) is 8.22. The van der Waals surface area contributed by atoms with Gasteiger partial charge in [-0.25, -0.2) is 10.1 Å². The van der Waals surface area contributed by atoms with Crippen LogP contribution in [0.2, 0.25) is 0 Å². The standard InChI is InChI=1S/C18H13N9O5/c19-16-17(24-32-23-16)26-15(10-5-3-6-12(8-10)27(30)31)14(21-25-26)18(29)22-20-9-11-4-1-2-7-13(11)28/h1-9,28H,(H2,19,23)(H,22,29)/b20-9+. The minimum absolute atomic E-state index is 0.0252. The average Bonchev–Trinajstić information content (AvgIpc) is 3.41. The SMILES string of the molecule is Nc1nonc1-n1nnc(C(=O)N/N=C/c2ccccc2O)c1-c1cccc([N+](=O)[O-])c1. The average molecular weight is 435 g/mol. The number of nitrogens with one attached hydrogen (secondary N) is 1. The molecule has 0 unspecified atom stereocenters. The van der Waals surface area contributed by atoms with Crippen LogP contribution in [0, 0.1) is 10.1 Å². The van der Waals surface area contributed by atoms with Gasteiger partial charge in [0.2, 0.25) is 11.6 Å². The van der Waals surface area contributed by atoms with E-state index in [2.05, 4.69) is 35.8 Å². The maximum atomic E-state index is 12.8. The highest BCUT2D eigenvalue weighted by molar-refractivity contribution is 5.99. The van der Waals surface area contributed by atoms with Crippen LogP contribution in [-0.2, 0) is 0 Å². The number of carbonyl (C=O) groups excluding carboxylic acids is 1. The van der Waals surface area contributed by atoms with Crippen molar-refractivity contribution in [3.05, 3.63) is 69.9 Å². The van der Waals surface area contributed by atoms with Crippen molar-refractivity contribution in [1.82, 2.24) is 30.7 Å². The number of aromatic hydroxyl groups is 1. The number of nitro groups is 1. The minimum atomic E-state index is -0.778. The van der Waals surface area contributed by atoms with Gasteiger partial charge in [0.25, 0.3) is 11.6 Å². The maximum absolute atomic E-state index is 12.8. The Morgan fingerprint density at radius 3 is 2.78 bits per heavy atom. The van der Waals surface area contributed by atoms with E-state index in [1.54, 1.807) is 18.2 Å². The van der Waals surface area contributed by atoms with Crippen LogP contribution in [0.1, 0.15) is 16.1 Å². The second-order valence-corrected chi connectivity index (χ2v) is 6.24. The number of benzene rings is 2. The summed E-state index contributed by atoms with van der Waals surface area (Å²) < 4.78 is 5.65. The van der Waals surface area contributed by atoms with Crippen molar-refractivity contribution in [3.8, 4) is 22.8 Å². The number of amides is 1. The summed E-state index contributed by atoms with van der Waals surface area (Å²) >= 11 is 0. The fraction of sp³-hybridized carbons (Fsp3) is 0. The molecular weight excluding hydrogens is 422 g/mol. The third kappa shape index (κ3) is 3.82. The molecule has 0 aliphatic heterocycles. The molecule has 160 valence electrons. The van der Waals surface area contributed by atoms with Crippen molar-refractivity contribution in [1.29, 1.82) is 0 Å². The Kier molecular flexibility index (Phi) is 5.23. The molecule has 0 fully saturated rings. The van der Waals surface area contributed by atoms with E-state index in [-0.39, 0.29) is 40.0 Å². The Bertz CT molecular complexity index is 1340. The zero-order chi connectivity index (χ0) is 22.7. The summed E-state index contributed by atoms with van der Waals surface area (Å²) in [7, 11) is 0. The molecule has 4 aromatic rings. The van der Waals surface area contributed by atoms with Gasteiger partial charge >= 0.3 is 0 Å². The highest BCUT2D eigenvalue weighted by Crippen LogP contribution is 2.29. The molecule has 2 heterocycles. The number of para-hydroxylation sites is 1. The highest BCUT2D eigenvalue weighted by Gasteiger charge is 2.26. The number of nitrogen functional groups attached to an aromatic ring is 1. The molecule has 1 amide bonds. The largest absolute Gasteiger partial charge is 0.507 e. The quantitative estimate of drug-likeness (QED) is 0.225. The molecule has 14 nitrogen and oxygen atoms in total. The first-order valence-electron chi connectivity index (χ1n) is 8.86. The Labute approximate surface area is 178 Å². The van der Waals surface area contributed by atoms with Crippen molar-refractivity contribution in [2.75, 3.05) is 5.73 Å². The van der Waals surface area contributed by atoms with Crippen LogP contribution in [0.4, 0.5) is 11.5 Å². The number of aromatic nitrogens is 5. The molecule has 0 saturated carbocycles. The number of hydrogen-bond donors (Lipinski definition) is 3. The van der Waals surface area contributed by atoms with Gasteiger partial charge in [0.15, 0.2) is 5.69 Å². The number of hydrogen-bond acceptors (Lipinski definition) is 11. The predicted octanol–water partition coefficient (Wildman–Crippen LogP) is 1.28. The monoisotopic (exact) mass is 435 g/mol. The van der Waals surface area contributed by atoms with Gasteiger partial charge in [-0.1, -0.05) is 29.5 Å². The molecule has 4 N–H and O–H groups in total. The van der Waals surface area contributed by atoms with Crippen molar-refractivity contribution in [2.24, 2.45) is 5.10 Å². The lowest BCUT2D eigenvalue weighted by Crippen LogP contribution is -2.19. The molecule has 2 aromatic carbocycles. The third-order valence-electron chi connectivity index (χ3n) is 4.22. The van der Waals surface area contributed by atoms with E-state index in [9.17, 15) is 20.0 Å². The molecule has 0 spiro atoms. The predicted molar refractivity (Wildman–Crippen MR) is 109 cm³/mol. The Morgan fingerprint density at radius 2 is 2.06 bits per heavy atom. The molecule has 0 aliphatic rings. The Balaban J connectivity index is 1.74. The van der Waals surface area contributed by atoms with E-state index in [1.165, 1.54) is 36.5 Å². The van der Waals surface area contributed by atoms with Crippen molar-refractivity contribution >= 4 is 23.6 Å². The summed E-state index contributed by atoms with van der Waals surface area (Å²) in [5, 5.41) is 39.6. The van der Waals surface area contributed by atoms with Crippen LogP contribution in [0.3, 0.4) is 0 Å². The number of nitrogens with zero attached hydrogens (tertiary/aromatic N) is 7. The van der Waals surface area contributed by atoms with E-state index in [4.69, 9.17) is 5.73 Å². The van der Waals surface area contributed by atoms with Crippen molar-refractivity contribution in [3.63, 3.8) is 0 Å². The normalized spacial score (nSPS) is 11.0. The Morgan fingerprint density at radius 1 is 1.25 bits per heavy atom. The van der Waals surface area contributed by atoms with Crippen LogP contribution in [0.15, 0.2) is 58.3 Å². The third-order valence-corrected chi connectivity index (χ3v) is 4.22. The number of phenols is 1. The fourth-order valence-corrected chi connectivity index (χ4v) is 2.76. The van der Waals surface area contributed by atoms with E-state index < -0.39 is 10.8 Å². The first-order valence-corrected chi connectivity index (χ1v) is 8.86. The molecule has 0 aliphatic carbocycles. The number of nitro benzene ring substituents is 1. The number of rotatable bonds is 6. The smallest absolute Gasteiger partial charge is 0.294 e. The molecule has 4 rings (SSSR count). The van der Waals surface area contributed by atoms with Crippen LogP contribution < -0.4 is 11.2 Å². The highest BCUT2D eigenvalue weighted by atomic mass is 16.6. The van der Waals surface area contributed by atoms with Crippen molar-refractivity contribution in [2.45, 2.75) is 0 Å². The summed E-state index contributed by atoms with van der Waals surface area (Å²) in [4.78, 5) is 23.4. The lowest BCUT2D eigenvalue weighted by molar-refractivity contribution is -0.384. The molecule has 0 bridgehead atoms. The minimum Gasteiger partial charge on any atom is -0.507 e.